The number of aromatic amines is 1. The van der Waals surface area contributed by atoms with E-state index < -0.39 is 5.41 Å². The third-order valence-electron chi connectivity index (χ3n) is 6.36. The Morgan fingerprint density at radius 3 is 2.44 bits per heavy atom. The fourth-order valence-corrected chi connectivity index (χ4v) is 3.92. The molecule has 2 N–H and O–H groups in total. The van der Waals surface area contributed by atoms with Crippen LogP contribution in [-0.4, -0.2) is 18.0 Å². The van der Waals surface area contributed by atoms with Crippen molar-refractivity contribution >= 4 is 22.5 Å². The Morgan fingerprint density at radius 1 is 1.07 bits per heavy atom. The van der Waals surface area contributed by atoms with Crippen molar-refractivity contribution in [1.82, 2.24) is 4.98 Å². The molecule has 0 radical (unpaired) electrons. The van der Waals surface area contributed by atoms with E-state index in [0.29, 0.717) is 5.41 Å². The average molecular weight is 362 g/mol. The summed E-state index contributed by atoms with van der Waals surface area (Å²) in [5.41, 5.74) is 4.28. The molecule has 1 amide bonds. The fourth-order valence-electron chi connectivity index (χ4n) is 3.92. The van der Waals surface area contributed by atoms with Crippen molar-refractivity contribution < 1.29 is 11.0 Å². The van der Waals surface area contributed by atoms with Gasteiger partial charge in [0.1, 0.15) is 5.75 Å². The van der Waals surface area contributed by atoms with Crippen molar-refractivity contribution in [3.8, 4) is 5.75 Å². The number of benzene rings is 2. The number of rotatable bonds is 5. The molecule has 140 valence electrons. The van der Waals surface area contributed by atoms with Gasteiger partial charge in [0.15, 0.2) is 0 Å². The Balaban J connectivity index is 0.00000192. The zero-order chi connectivity index (χ0) is 18.6. The first-order valence-corrected chi connectivity index (χ1v) is 9.62. The second-order valence-electron chi connectivity index (χ2n) is 8.31. The highest BCUT2D eigenvalue weighted by atomic mass is 16.5. The van der Waals surface area contributed by atoms with Crippen LogP contribution in [0.2, 0.25) is 0 Å². The van der Waals surface area contributed by atoms with Gasteiger partial charge in [0.05, 0.1) is 12.5 Å². The SMILES string of the molecule is COc1ccc(C2(C(=O)Nc3ccc4[nH]c(C5(C)CC5)cc4c3)CC2)cc1.[HH]. The maximum Gasteiger partial charge on any atom is 0.235 e. The van der Waals surface area contributed by atoms with Crippen LogP contribution >= 0.6 is 0 Å². The van der Waals surface area contributed by atoms with Crippen LogP contribution in [0.15, 0.2) is 48.5 Å². The number of amides is 1. The van der Waals surface area contributed by atoms with Crippen LogP contribution in [0.1, 0.15) is 45.3 Å². The zero-order valence-corrected chi connectivity index (χ0v) is 15.8. The molecule has 3 aromatic rings. The third-order valence-corrected chi connectivity index (χ3v) is 6.36. The van der Waals surface area contributed by atoms with Gasteiger partial charge in [-0.2, -0.15) is 0 Å². The molecule has 0 unspecified atom stereocenters. The molecule has 0 saturated heterocycles. The van der Waals surface area contributed by atoms with Crippen molar-refractivity contribution in [1.29, 1.82) is 0 Å². The van der Waals surface area contributed by atoms with Crippen molar-refractivity contribution in [2.75, 3.05) is 12.4 Å². The number of ether oxygens (including phenoxy) is 1. The lowest BCUT2D eigenvalue weighted by atomic mass is 9.94. The van der Waals surface area contributed by atoms with Gasteiger partial charge >= 0.3 is 0 Å². The highest BCUT2D eigenvalue weighted by Crippen LogP contribution is 2.50. The fraction of sp³-hybridized carbons (Fsp3) is 0.348. The number of H-pyrrole nitrogens is 1. The van der Waals surface area contributed by atoms with E-state index in [1.165, 1.54) is 18.5 Å². The Morgan fingerprint density at radius 2 is 1.81 bits per heavy atom. The normalized spacial score (nSPS) is 18.9. The number of anilines is 1. The van der Waals surface area contributed by atoms with Gasteiger partial charge in [0, 0.05) is 29.1 Å². The van der Waals surface area contributed by atoms with Gasteiger partial charge in [0.25, 0.3) is 0 Å². The second kappa shape index (κ2) is 5.62. The maximum atomic E-state index is 13.0. The van der Waals surface area contributed by atoms with Crippen LogP contribution in [0, 0.1) is 0 Å². The molecule has 0 atom stereocenters. The monoisotopic (exact) mass is 362 g/mol. The van der Waals surface area contributed by atoms with Crippen LogP contribution in [0.25, 0.3) is 10.9 Å². The van der Waals surface area contributed by atoms with Crippen LogP contribution in [-0.2, 0) is 15.6 Å². The smallest absolute Gasteiger partial charge is 0.235 e. The molecular formula is C23H26N2O2. The molecule has 4 nitrogen and oxygen atoms in total. The second-order valence-corrected chi connectivity index (χ2v) is 8.31. The Kier molecular flexibility index (Phi) is 3.42. The summed E-state index contributed by atoms with van der Waals surface area (Å²) in [6, 6.07) is 16.2. The predicted octanol–water partition coefficient (Wildman–Crippen LogP) is 5.14. The summed E-state index contributed by atoms with van der Waals surface area (Å²) >= 11 is 0. The number of methoxy groups -OCH3 is 1. The molecule has 0 bridgehead atoms. The lowest BCUT2D eigenvalue weighted by molar-refractivity contribution is -0.118. The summed E-state index contributed by atoms with van der Waals surface area (Å²) in [5.74, 6) is 0.893. The Hall–Kier alpha value is -2.75. The minimum Gasteiger partial charge on any atom is -0.497 e. The quantitative estimate of drug-likeness (QED) is 0.660. The van der Waals surface area contributed by atoms with Crippen LogP contribution in [0.3, 0.4) is 0 Å². The maximum absolute atomic E-state index is 13.0. The minimum absolute atomic E-state index is 0. The number of nitrogens with one attached hydrogen (secondary N) is 2. The molecule has 2 aromatic carbocycles. The molecule has 1 heterocycles. The van der Waals surface area contributed by atoms with E-state index in [2.05, 4.69) is 35.4 Å². The molecule has 5 rings (SSSR count). The summed E-state index contributed by atoms with van der Waals surface area (Å²) in [7, 11) is 1.65. The van der Waals surface area contributed by atoms with E-state index in [1.54, 1.807) is 7.11 Å². The predicted molar refractivity (Wildman–Crippen MR) is 110 cm³/mol. The van der Waals surface area contributed by atoms with Crippen molar-refractivity contribution in [2.24, 2.45) is 0 Å². The van der Waals surface area contributed by atoms with Crippen molar-refractivity contribution in [2.45, 2.75) is 43.4 Å². The summed E-state index contributed by atoms with van der Waals surface area (Å²) in [4.78, 5) is 16.5. The standard InChI is InChI=1S/C23H24N2O2.H2/c1-22(9-10-22)20-14-15-13-17(5-8-19(15)25-20)24-21(26)23(11-12-23)16-3-6-18(27-2)7-4-16;/h3-8,13-14,25H,9-12H2,1-2H3,(H,24,26);1H. The highest BCUT2D eigenvalue weighted by Gasteiger charge is 2.51. The number of carbonyl (C=O) groups excluding carboxylic acids is 1. The molecule has 2 aliphatic rings. The molecular weight excluding hydrogens is 336 g/mol. The van der Waals surface area contributed by atoms with Gasteiger partial charge in [-0.3, -0.25) is 4.79 Å². The summed E-state index contributed by atoms with van der Waals surface area (Å²) in [5, 5.41) is 4.30. The molecule has 2 saturated carbocycles. The van der Waals surface area contributed by atoms with E-state index >= 15 is 0 Å². The van der Waals surface area contributed by atoms with Gasteiger partial charge in [-0.15, -0.1) is 0 Å². The lowest BCUT2D eigenvalue weighted by Gasteiger charge is -2.16. The largest absolute Gasteiger partial charge is 0.497 e. The molecule has 2 fully saturated rings. The van der Waals surface area contributed by atoms with Gasteiger partial charge in [-0.25, -0.2) is 0 Å². The van der Waals surface area contributed by atoms with Crippen LogP contribution < -0.4 is 10.1 Å². The van der Waals surface area contributed by atoms with E-state index in [0.717, 1.165) is 40.7 Å². The number of hydrogen-bond acceptors (Lipinski definition) is 2. The van der Waals surface area contributed by atoms with Crippen LogP contribution in [0.5, 0.6) is 5.75 Å². The number of aromatic nitrogens is 1. The first-order valence-electron chi connectivity index (χ1n) is 9.62. The third kappa shape index (κ3) is 2.71. The molecule has 0 spiro atoms. The zero-order valence-electron chi connectivity index (χ0n) is 15.8. The molecule has 1 aromatic heterocycles. The lowest BCUT2D eigenvalue weighted by Crippen LogP contribution is -2.27. The highest BCUT2D eigenvalue weighted by molar-refractivity contribution is 6.02. The van der Waals surface area contributed by atoms with Gasteiger partial charge < -0.3 is 15.0 Å². The van der Waals surface area contributed by atoms with Crippen molar-refractivity contribution in [3.63, 3.8) is 0 Å². The van der Waals surface area contributed by atoms with E-state index in [9.17, 15) is 4.79 Å². The first kappa shape index (κ1) is 16.4. The van der Waals surface area contributed by atoms with Gasteiger partial charge in [-0.05, 0) is 67.6 Å². The molecule has 27 heavy (non-hydrogen) atoms. The molecule has 0 aliphatic heterocycles. The summed E-state index contributed by atoms with van der Waals surface area (Å²) < 4.78 is 5.23. The van der Waals surface area contributed by atoms with E-state index in [4.69, 9.17) is 4.74 Å². The molecule has 4 heteroatoms. The number of fused-ring (bicyclic) bond motifs is 1. The molecule has 2 aliphatic carbocycles. The Bertz CT molecular complexity index is 1030. The van der Waals surface area contributed by atoms with E-state index in [1.807, 2.05) is 30.3 Å². The van der Waals surface area contributed by atoms with Crippen molar-refractivity contribution in [3.05, 3.63) is 59.8 Å². The first-order chi connectivity index (χ1) is 13.0. The number of hydrogen-bond donors (Lipinski definition) is 2. The topological polar surface area (TPSA) is 54.1 Å². The summed E-state index contributed by atoms with van der Waals surface area (Å²) in [6.07, 6.45) is 4.27. The van der Waals surface area contributed by atoms with E-state index in [-0.39, 0.29) is 7.33 Å². The average Bonchev–Trinajstić information content (AvgIpc) is 3.60. The number of carbonyl (C=O) groups is 1. The minimum atomic E-state index is -0.397. The van der Waals surface area contributed by atoms with Gasteiger partial charge in [0.2, 0.25) is 5.91 Å². The van der Waals surface area contributed by atoms with Gasteiger partial charge in [-0.1, -0.05) is 19.1 Å². The van der Waals surface area contributed by atoms with Crippen LogP contribution in [0.4, 0.5) is 5.69 Å². The Labute approximate surface area is 160 Å². The summed E-state index contributed by atoms with van der Waals surface area (Å²) in [6.45, 7) is 2.30.